The molecule has 3 rings (SSSR count). The number of aromatic nitrogens is 2. The Bertz CT molecular complexity index is 504. The normalized spacial score (nSPS) is 23.7. The van der Waals surface area contributed by atoms with Gasteiger partial charge in [-0.15, -0.1) is 0 Å². The fourth-order valence-corrected chi connectivity index (χ4v) is 3.51. The predicted molar refractivity (Wildman–Crippen MR) is 75.0 cm³/mol. The van der Waals surface area contributed by atoms with Crippen molar-refractivity contribution in [2.75, 3.05) is 24.2 Å². The van der Waals surface area contributed by atoms with Crippen molar-refractivity contribution in [1.82, 2.24) is 9.97 Å². The highest BCUT2D eigenvalue weighted by atomic mass is 79.9. The van der Waals surface area contributed by atoms with Crippen LogP contribution in [0.1, 0.15) is 19.3 Å². The van der Waals surface area contributed by atoms with E-state index in [2.05, 4.69) is 30.8 Å². The van der Waals surface area contributed by atoms with E-state index in [4.69, 9.17) is 0 Å². The van der Waals surface area contributed by atoms with E-state index in [-0.39, 0.29) is 6.42 Å². The molecule has 1 aromatic heterocycles. The third-order valence-corrected chi connectivity index (χ3v) is 5.24. The maximum atomic E-state index is 13.3. The molecule has 0 radical (unpaired) electrons. The summed E-state index contributed by atoms with van der Waals surface area (Å²) in [6.45, 7) is 1.28. The molecule has 2 heterocycles. The van der Waals surface area contributed by atoms with Crippen molar-refractivity contribution in [3.63, 3.8) is 0 Å². The van der Waals surface area contributed by atoms with Crippen LogP contribution >= 0.6 is 27.7 Å². The lowest BCUT2D eigenvalue weighted by atomic mass is 9.93. The smallest absolute Gasteiger partial charge is 0.254 e. The van der Waals surface area contributed by atoms with E-state index in [1.54, 1.807) is 6.20 Å². The van der Waals surface area contributed by atoms with Gasteiger partial charge in [0.15, 0.2) is 5.16 Å². The van der Waals surface area contributed by atoms with E-state index in [0.29, 0.717) is 31.1 Å². The maximum absolute atomic E-state index is 13.3. The summed E-state index contributed by atoms with van der Waals surface area (Å²) in [6, 6.07) is 0. The molecular weight excluding hydrogens is 336 g/mol. The van der Waals surface area contributed by atoms with Gasteiger partial charge in [0, 0.05) is 31.1 Å². The highest BCUT2D eigenvalue weighted by molar-refractivity contribution is 9.10. The maximum Gasteiger partial charge on any atom is 0.254 e. The molecule has 0 aromatic carbocycles. The van der Waals surface area contributed by atoms with E-state index >= 15 is 0 Å². The zero-order valence-electron chi connectivity index (χ0n) is 10.5. The Balaban J connectivity index is 1.75. The summed E-state index contributed by atoms with van der Waals surface area (Å²) < 4.78 is 27.5. The van der Waals surface area contributed by atoms with Gasteiger partial charge in [-0.2, -0.15) is 0 Å². The van der Waals surface area contributed by atoms with Crippen LogP contribution in [0.25, 0.3) is 0 Å². The molecule has 2 fully saturated rings. The first-order valence-corrected chi connectivity index (χ1v) is 8.19. The van der Waals surface area contributed by atoms with E-state index in [1.165, 1.54) is 11.8 Å². The van der Waals surface area contributed by atoms with Crippen LogP contribution in [-0.2, 0) is 0 Å². The Morgan fingerprint density at radius 1 is 1.37 bits per heavy atom. The number of anilines is 1. The van der Waals surface area contributed by atoms with Crippen molar-refractivity contribution in [3.8, 4) is 0 Å². The predicted octanol–water partition coefficient (Wildman–Crippen LogP) is 3.59. The zero-order chi connectivity index (χ0) is 13.7. The minimum Gasteiger partial charge on any atom is -0.355 e. The lowest BCUT2D eigenvalue weighted by Crippen LogP contribution is -2.37. The van der Waals surface area contributed by atoms with Crippen molar-refractivity contribution in [2.45, 2.75) is 30.3 Å². The minimum absolute atomic E-state index is 0.0643. The molecule has 1 aliphatic heterocycles. The van der Waals surface area contributed by atoms with Crippen LogP contribution in [0.3, 0.4) is 0 Å². The molecule has 0 atom stereocenters. The lowest BCUT2D eigenvalue weighted by molar-refractivity contribution is 0.0536. The quantitative estimate of drug-likeness (QED) is 0.602. The molecule has 0 amide bonds. The van der Waals surface area contributed by atoms with Crippen LogP contribution in [0.15, 0.2) is 15.8 Å². The van der Waals surface area contributed by atoms with Gasteiger partial charge in [-0.3, -0.25) is 0 Å². The minimum atomic E-state index is -2.44. The molecule has 1 spiro atoms. The summed E-state index contributed by atoms with van der Waals surface area (Å²) in [5, 5.41) is 0.704. The SMILES string of the molecule is CSc1ncc(Br)c(N2CCC3(CC2)CC3(F)F)n1. The van der Waals surface area contributed by atoms with Crippen molar-refractivity contribution in [3.05, 3.63) is 10.7 Å². The molecule has 1 saturated heterocycles. The average molecular weight is 350 g/mol. The summed E-state index contributed by atoms with van der Waals surface area (Å²) in [5.41, 5.74) is -0.717. The van der Waals surface area contributed by atoms with Crippen molar-refractivity contribution < 1.29 is 8.78 Å². The Morgan fingerprint density at radius 3 is 2.53 bits per heavy atom. The van der Waals surface area contributed by atoms with E-state index in [9.17, 15) is 8.78 Å². The first-order chi connectivity index (χ1) is 8.97. The third-order valence-electron chi connectivity index (χ3n) is 4.12. The van der Waals surface area contributed by atoms with Crippen molar-refractivity contribution in [2.24, 2.45) is 5.41 Å². The van der Waals surface area contributed by atoms with Crippen LogP contribution in [0.5, 0.6) is 0 Å². The second-order valence-corrected chi connectivity index (χ2v) is 6.80. The molecule has 0 bridgehead atoms. The molecule has 1 aliphatic carbocycles. The van der Waals surface area contributed by atoms with Crippen LogP contribution in [0.2, 0.25) is 0 Å². The van der Waals surface area contributed by atoms with Gasteiger partial charge < -0.3 is 4.90 Å². The summed E-state index contributed by atoms with van der Waals surface area (Å²) in [4.78, 5) is 10.7. The van der Waals surface area contributed by atoms with Crippen LogP contribution in [-0.4, -0.2) is 35.2 Å². The van der Waals surface area contributed by atoms with Gasteiger partial charge in [-0.1, -0.05) is 11.8 Å². The largest absolute Gasteiger partial charge is 0.355 e. The van der Waals surface area contributed by atoms with Gasteiger partial charge in [0.25, 0.3) is 5.92 Å². The Morgan fingerprint density at radius 2 is 2.00 bits per heavy atom. The summed E-state index contributed by atoms with van der Waals surface area (Å²) in [5.74, 6) is -1.62. The highest BCUT2D eigenvalue weighted by Crippen LogP contribution is 2.65. The molecule has 104 valence electrons. The van der Waals surface area contributed by atoms with Crippen LogP contribution in [0, 0.1) is 5.41 Å². The fraction of sp³-hybridized carbons (Fsp3) is 0.667. The van der Waals surface area contributed by atoms with E-state index in [0.717, 1.165) is 10.3 Å². The molecule has 3 nitrogen and oxygen atoms in total. The Labute approximate surface area is 123 Å². The molecule has 2 aliphatic rings. The fourth-order valence-electron chi connectivity index (χ4n) is 2.73. The molecule has 7 heteroatoms. The topological polar surface area (TPSA) is 29.0 Å². The number of rotatable bonds is 2. The Kier molecular flexibility index (Phi) is 3.24. The van der Waals surface area contributed by atoms with Crippen molar-refractivity contribution in [1.29, 1.82) is 0 Å². The van der Waals surface area contributed by atoms with Gasteiger partial charge >= 0.3 is 0 Å². The second-order valence-electron chi connectivity index (χ2n) is 5.18. The van der Waals surface area contributed by atoms with Crippen LogP contribution < -0.4 is 4.90 Å². The number of alkyl halides is 2. The number of nitrogens with zero attached hydrogens (tertiary/aromatic N) is 3. The number of hydrogen-bond donors (Lipinski definition) is 0. The molecule has 0 N–H and O–H groups in total. The number of thioether (sulfide) groups is 1. The average Bonchev–Trinajstić information content (AvgIpc) is 2.92. The van der Waals surface area contributed by atoms with Gasteiger partial charge in [-0.05, 0) is 35.0 Å². The first kappa shape index (κ1) is 13.5. The monoisotopic (exact) mass is 349 g/mol. The highest BCUT2D eigenvalue weighted by Gasteiger charge is 2.70. The lowest BCUT2D eigenvalue weighted by Gasteiger charge is -2.33. The van der Waals surface area contributed by atoms with Crippen molar-refractivity contribution >= 4 is 33.5 Å². The second kappa shape index (κ2) is 4.55. The number of piperidine rings is 1. The molecule has 19 heavy (non-hydrogen) atoms. The van der Waals surface area contributed by atoms with E-state index in [1.807, 2.05) is 6.26 Å². The zero-order valence-corrected chi connectivity index (χ0v) is 12.9. The van der Waals surface area contributed by atoms with Gasteiger partial charge in [0.1, 0.15) is 5.82 Å². The number of halogens is 3. The summed E-state index contributed by atoms with van der Waals surface area (Å²) in [7, 11) is 0. The number of hydrogen-bond acceptors (Lipinski definition) is 4. The van der Waals surface area contributed by atoms with Gasteiger partial charge in [0.2, 0.25) is 0 Å². The Hall–Kier alpha value is -0.430. The molecule has 1 saturated carbocycles. The first-order valence-electron chi connectivity index (χ1n) is 6.17. The molecular formula is C12H14BrF2N3S. The van der Waals surface area contributed by atoms with E-state index < -0.39 is 11.3 Å². The van der Waals surface area contributed by atoms with Gasteiger partial charge in [0.05, 0.1) is 4.47 Å². The van der Waals surface area contributed by atoms with Gasteiger partial charge in [-0.25, -0.2) is 18.7 Å². The molecule has 0 unspecified atom stereocenters. The third kappa shape index (κ3) is 2.24. The van der Waals surface area contributed by atoms with Crippen LogP contribution in [0.4, 0.5) is 14.6 Å². The molecule has 1 aromatic rings. The summed E-state index contributed by atoms with van der Waals surface area (Å²) in [6.07, 6.45) is 4.80. The standard InChI is InChI=1S/C12H14BrF2N3S/c1-19-10-16-6-8(13)9(17-10)18-4-2-11(3-5-18)7-12(11,14)15/h6H,2-5,7H2,1H3. The summed E-state index contributed by atoms with van der Waals surface area (Å²) >= 11 is 4.92.